The number of carbonyl (C=O) groups is 1. The average molecular weight is 217 g/mol. The summed E-state index contributed by atoms with van der Waals surface area (Å²) >= 11 is 1.40. The molecular formula is C6H11N5O2S. The maximum Gasteiger partial charge on any atom is 0.325 e. The Balaban J connectivity index is 2.49. The number of carboxylic acids is 1. The minimum Gasteiger partial charge on any atom is -0.480 e. The van der Waals surface area contributed by atoms with Crippen molar-refractivity contribution in [2.45, 2.75) is 18.1 Å². The molecule has 7 nitrogen and oxygen atoms in total. The summed E-state index contributed by atoms with van der Waals surface area (Å²) in [6.07, 6.45) is 0.852. The molecule has 14 heavy (non-hydrogen) atoms. The van der Waals surface area contributed by atoms with E-state index in [0.29, 0.717) is 11.7 Å². The van der Waals surface area contributed by atoms with Gasteiger partial charge in [0.2, 0.25) is 5.16 Å². The number of carboxylic acid groups (broad SMARTS) is 1. The van der Waals surface area contributed by atoms with Crippen LogP contribution in [0.4, 0.5) is 0 Å². The molecule has 0 atom stereocenters. The van der Waals surface area contributed by atoms with E-state index in [0.717, 1.165) is 12.2 Å². The summed E-state index contributed by atoms with van der Waals surface area (Å²) in [6.45, 7) is 0.394. The van der Waals surface area contributed by atoms with Crippen molar-refractivity contribution in [1.29, 1.82) is 0 Å². The molecular weight excluding hydrogens is 206 g/mol. The Bertz CT molecular complexity index is 302. The fraction of sp³-hybridized carbons (Fsp3) is 0.667. The fourth-order valence-electron chi connectivity index (χ4n) is 0.774. The molecule has 3 N–H and O–H groups in total. The lowest BCUT2D eigenvalue weighted by atomic mass is 10.5. The second kappa shape index (κ2) is 5.55. The summed E-state index contributed by atoms with van der Waals surface area (Å²) in [7, 11) is 0. The Morgan fingerprint density at radius 2 is 2.43 bits per heavy atom. The minimum absolute atomic E-state index is 0.210. The van der Waals surface area contributed by atoms with Gasteiger partial charge in [-0.15, -0.1) is 5.10 Å². The Kier molecular flexibility index (Phi) is 4.33. The van der Waals surface area contributed by atoms with E-state index in [9.17, 15) is 4.79 Å². The molecule has 0 saturated heterocycles. The molecule has 0 spiro atoms. The molecule has 0 radical (unpaired) electrons. The van der Waals surface area contributed by atoms with Crippen molar-refractivity contribution in [1.82, 2.24) is 20.2 Å². The smallest absolute Gasteiger partial charge is 0.325 e. The van der Waals surface area contributed by atoms with Gasteiger partial charge in [-0.1, -0.05) is 11.8 Å². The van der Waals surface area contributed by atoms with E-state index in [-0.39, 0.29) is 6.54 Å². The van der Waals surface area contributed by atoms with Gasteiger partial charge in [-0.25, -0.2) is 4.68 Å². The van der Waals surface area contributed by atoms with Gasteiger partial charge in [0, 0.05) is 5.75 Å². The molecule has 0 saturated carbocycles. The number of tetrazole rings is 1. The summed E-state index contributed by atoms with van der Waals surface area (Å²) in [5.74, 6) is -0.172. The van der Waals surface area contributed by atoms with Crippen LogP contribution in [0, 0.1) is 0 Å². The highest BCUT2D eigenvalue weighted by atomic mass is 32.2. The lowest BCUT2D eigenvalue weighted by Gasteiger charge is -1.99. The zero-order chi connectivity index (χ0) is 10.4. The molecule has 0 aliphatic carbocycles. The minimum atomic E-state index is -0.960. The number of thioether (sulfide) groups is 1. The number of nitrogens with two attached hydrogens (primary N) is 1. The predicted octanol–water partition coefficient (Wildman–Crippen LogP) is -0.801. The van der Waals surface area contributed by atoms with Crippen LogP contribution >= 0.6 is 11.8 Å². The number of hydrogen-bond acceptors (Lipinski definition) is 6. The summed E-state index contributed by atoms with van der Waals surface area (Å²) in [4.78, 5) is 10.4. The summed E-state index contributed by atoms with van der Waals surface area (Å²) < 4.78 is 1.25. The number of hydrogen-bond donors (Lipinski definition) is 2. The fourth-order valence-corrected chi connectivity index (χ4v) is 1.61. The maximum absolute atomic E-state index is 10.4. The molecule has 8 heteroatoms. The van der Waals surface area contributed by atoms with Crippen LogP contribution in [0.1, 0.15) is 6.42 Å². The van der Waals surface area contributed by atoms with Gasteiger partial charge in [0.1, 0.15) is 6.54 Å². The molecule has 0 unspecified atom stereocenters. The van der Waals surface area contributed by atoms with Crippen LogP contribution in [0.2, 0.25) is 0 Å². The lowest BCUT2D eigenvalue weighted by Crippen LogP contribution is -2.11. The van der Waals surface area contributed by atoms with Crippen molar-refractivity contribution in [2.75, 3.05) is 12.3 Å². The molecule has 1 aromatic heterocycles. The summed E-state index contributed by atoms with van der Waals surface area (Å²) in [5.41, 5.74) is 5.32. The summed E-state index contributed by atoms with van der Waals surface area (Å²) in [5, 5.41) is 19.7. The highest BCUT2D eigenvalue weighted by Gasteiger charge is 2.08. The van der Waals surface area contributed by atoms with Crippen LogP contribution in [0.3, 0.4) is 0 Å². The summed E-state index contributed by atoms with van der Waals surface area (Å²) in [6, 6.07) is 0. The second-order valence-corrected chi connectivity index (χ2v) is 3.57. The third kappa shape index (κ3) is 3.30. The first-order valence-electron chi connectivity index (χ1n) is 4.05. The van der Waals surface area contributed by atoms with E-state index < -0.39 is 5.97 Å². The van der Waals surface area contributed by atoms with Crippen LogP contribution < -0.4 is 5.73 Å². The topological polar surface area (TPSA) is 107 Å². The van der Waals surface area contributed by atoms with E-state index in [1.165, 1.54) is 16.4 Å². The zero-order valence-corrected chi connectivity index (χ0v) is 8.27. The van der Waals surface area contributed by atoms with Gasteiger partial charge < -0.3 is 10.8 Å². The van der Waals surface area contributed by atoms with Crippen LogP contribution in [0.25, 0.3) is 0 Å². The normalized spacial score (nSPS) is 10.4. The SMILES string of the molecule is NCCCSc1nnnn1CC(=O)O. The number of aromatic nitrogens is 4. The molecule has 0 aromatic carbocycles. The van der Waals surface area contributed by atoms with Crippen LogP contribution in [0.15, 0.2) is 5.16 Å². The number of rotatable bonds is 6. The van der Waals surface area contributed by atoms with E-state index in [4.69, 9.17) is 10.8 Å². The van der Waals surface area contributed by atoms with Gasteiger partial charge in [0.25, 0.3) is 0 Å². The van der Waals surface area contributed by atoms with Crippen molar-refractivity contribution < 1.29 is 9.90 Å². The Labute approximate surface area is 84.7 Å². The molecule has 1 aromatic rings. The Hall–Kier alpha value is -1.15. The average Bonchev–Trinajstić information content (AvgIpc) is 2.52. The Morgan fingerprint density at radius 1 is 1.64 bits per heavy atom. The van der Waals surface area contributed by atoms with Crippen LogP contribution in [0.5, 0.6) is 0 Å². The van der Waals surface area contributed by atoms with Crippen molar-refractivity contribution >= 4 is 17.7 Å². The lowest BCUT2D eigenvalue weighted by molar-refractivity contribution is -0.138. The highest BCUT2D eigenvalue weighted by Crippen LogP contribution is 2.13. The third-order valence-electron chi connectivity index (χ3n) is 1.36. The first-order valence-corrected chi connectivity index (χ1v) is 5.03. The van der Waals surface area contributed by atoms with Gasteiger partial charge >= 0.3 is 5.97 Å². The zero-order valence-electron chi connectivity index (χ0n) is 7.46. The van der Waals surface area contributed by atoms with E-state index in [1.54, 1.807) is 0 Å². The first kappa shape index (κ1) is 10.9. The quantitative estimate of drug-likeness (QED) is 0.474. The van der Waals surface area contributed by atoms with Crippen molar-refractivity contribution in [2.24, 2.45) is 5.73 Å². The molecule has 0 aliphatic heterocycles. The standard InChI is InChI=1S/C6H11N5O2S/c7-2-1-3-14-6-8-9-10-11(6)4-5(12)13/h1-4,7H2,(H,12,13). The number of aliphatic carboxylic acids is 1. The number of nitrogens with zero attached hydrogens (tertiary/aromatic N) is 4. The van der Waals surface area contributed by atoms with Crippen molar-refractivity contribution in [3.63, 3.8) is 0 Å². The third-order valence-corrected chi connectivity index (χ3v) is 2.41. The van der Waals surface area contributed by atoms with Gasteiger partial charge in [-0.2, -0.15) is 0 Å². The van der Waals surface area contributed by atoms with Gasteiger partial charge in [0.05, 0.1) is 0 Å². The maximum atomic E-state index is 10.4. The van der Waals surface area contributed by atoms with Crippen molar-refractivity contribution in [3.05, 3.63) is 0 Å². The van der Waals surface area contributed by atoms with Gasteiger partial charge in [-0.3, -0.25) is 4.79 Å². The van der Waals surface area contributed by atoms with Gasteiger partial charge in [-0.05, 0) is 23.4 Å². The predicted molar refractivity (Wildman–Crippen MR) is 49.8 cm³/mol. The second-order valence-electron chi connectivity index (χ2n) is 2.50. The molecule has 78 valence electrons. The van der Waals surface area contributed by atoms with Crippen molar-refractivity contribution in [3.8, 4) is 0 Å². The van der Waals surface area contributed by atoms with Gasteiger partial charge in [0.15, 0.2) is 0 Å². The van der Waals surface area contributed by atoms with E-state index >= 15 is 0 Å². The largest absolute Gasteiger partial charge is 0.480 e. The molecule has 0 amide bonds. The van der Waals surface area contributed by atoms with Crippen LogP contribution in [-0.4, -0.2) is 43.6 Å². The molecule has 0 aliphatic rings. The van der Waals surface area contributed by atoms with E-state index in [1.807, 2.05) is 0 Å². The first-order chi connectivity index (χ1) is 6.74. The highest BCUT2D eigenvalue weighted by molar-refractivity contribution is 7.99. The molecule has 1 heterocycles. The monoisotopic (exact) mass is 217 g/mol. The molecule has 1 rings (SSSR count). The van der Waals surface area contributed by atoms with E-state index in [2.05, 4.69) is 15.5 Å². The molecule has 0 bridgehead atoms. The molecule has 0 fully saturated rings. The Morgan fingerprint density at radius 3 is 3.07 bits per heavy atom. The van der Waals surface area contributed by atoms with Crippen LogP contribution in [-0.2, 0) is 11.3 Å².